The quantitative estimate of drug-likeness (QED) is 0.0195. The van der Waals surface area contributed by atoms with Crippen LogP contribution in [0.15, 0.2) is 48.6 Å². The first-order chi connectivity index (χ1) is 36.7. The van der Waals surface area contributed by atoms with Gasteiger partial charge in [0.15, 0.2) is 12.4 Å². The maximum Gasteiger partial charge on any atom is 0.306 e. The molecule has 1 rings (SSSR count). The number of allylic oxidation sites excluding steroid dienone is 7. The van der Waals surface area contributed by atoms with Crippen LogP contribution in [0.3, 0.4) is 0 Å². The number of hydrogen-bond donors (Lipinski definition) is 6. The van der Waals surface area contributed by atoms with E-state index >= 15 is 0 Å². The van der Waals surface area contributed by atoms with E-state index in [1.54, 1.807) is 6.08 Å². The van der Waals surface area contributed by atoms with Gasteiger partial charge in [-0.2, -0.15) is 0 Å². The van der Waals surface area contributed by atoms with E-state index in [-0.39, 0.29) is 19.4 Å². The molecule has 0 aliphatic carbocycles. The third-order valence-corrected chi connectivity index (χ3v) is 14.7. The third-order valence-electron chi connectivity index (χ3n) is 14.7. The van der Waals surface area contributed by atoms with E-state index in [4.69, 9.17) is 14.2 Å². The molecule has 0 aromatic rings. The summed E-state index contributed by atoms with van der Waals surface area (Å²) >= 11 is 0. The van der Waals surface area contributed by atoms with Crippen molar-refractivity contribution in [3.8, 4) is 0 Å². The molecule has 1 aliphatic rings. The van der Waals surface area contributed by atoms with E-state index in [0.717, 1.165) is 83.5 Å². The Morgan fingerprint density at radius 2 is 0.920 bits per heavy atom. The number of unbranched alkanes of at least 4 members (excludes halogenated alkanes) is 33. The zero-order valence-electron chi connectivity index (χ0n) is 48.4. The molecular weight excluding hydrogens is 943 g/mol. The zero-order valence-corrected chi connectivity index (χ0v) is 48.4. The number of ether oxygens (including phenoxy) is 3. The Bertz CT molecular complexity index is 1400. The van der Waals surface area contributed by atoms with Gasteiger partial charge in [-0.3, -0.25) is 9.59 Å². The molecule has 8 atom stereocenters. The molecule has 1 amide bonds. The van der Waals surface area contributed by atoms with Gasteiger partial charge in [0.25, 0.3) is 0 Å². The Morgan fingerprint density at radius 1 is 0.520 bits per heavy atom. The lowest BCUT2D eigenvalue weighted by Crippen LogP contribution is -2.61. The summed E-state index contributed by atoms with van der Waals surface area (Å²) < 4.78 is 17.6. The van der Waals surface area contributed by atoms with Crippen LogP contribution in [0, 0.1) is 0 Å². The predicted octanol–water partition coefficient (Wildman–Crippen LogP) is 14.8. The Labute approximate surface area is 459 Å². The molecule has 1 fully saturated rings. The highest BCUT2D eigenvalue weighted by molar-refractivity contribution is 5.80. The fraction of sp³-hybridized carbons (Fsp3) is 0.844. The number of amides is 1. The van der Waals surface area contributed by atoms with Crippen LogP contribution in [0.25, 0.3) is 0 Å². The average Bonchev–Trinajstić information content (AvgIpc) is 3.41. The first-order valence-corrected chi connectivity index (χ1v) is 31.4. The van der Waals surface area contributed by atoms with Gasteiger partial charge >= 0.3 is 5.97 Å². The SMILES string of the molecule is CCCCC/C=C\C/C=C\CCCCCCCCCCC(O)C(=O)NC(COC1OC(CO)C(O)C(O)C1OC(=O)CCCCCCCCC/C=C\CCCCCC)C(O)/C=C/CCCCCCCCCCCCC. The van der Waals surface area contributed by atoms with Crippen molar-refractivity contribution < 1.29 is 49.3 Å². The number of nitrogens with one attached hydrogen (secondary N) is 1. The Morgan fingerprint density at radius 3 is 1.41 bits per heavy atom. The molecule has 0 bridgehead atoms. The standard InChI is InChI=1S/C64H117NO10/c1-4-7-10-13-16-19-22-25-27-28-29-31-33-36-39-42-45-48-51-57(68)63(72)65-55(56(67)50-47-44-41-38-35-32-24-21-18-15-12-9-6-3)54-73-64-62(61(71)60(70)58(53-66)74-64)75-59(69)52-49-46-43-40-37-34-30-26-23-20-17-14-11-8-5-2/h16,19-20,23,25,27,47,50,55-58,60-62,64,66-68,70-71H,4-15,17-18,21-22,24,26,28-46,48-49,51-54H2,1-3H3,(H,65,72)/b19-16-,23-20-,27-25-,50-47+. The summed E-state index contributed by atoms with van der Waals surface area (Å²) in [5.41, 5.74) is 0. The second-order valence-corrected chi connectivity index (χ2v) is 21.8. The largest absolute Gasteiger partial charge is 0.454 e. The number of hydrogen-bond acceptors (Lipinski definition) is 10. The summed E-state index contributed by atoms with van der Waals surface area (Å²) in [5.74, 6) is -1.20. The first-order valence-electron chi connectivity index (χ1n) is 31.4. The zero-order chi connectivity index (χ0) is 54.7. The molecule has 1 heterocycles. The van der Waals surface area contributed by atoms with Crippen molar-refractivity contribution in [3.05, 3.63) is 48.6 Å². The fourth-order valence-electron chi connectivity index (χ4n) is 9.68. The van der Waals surface area contributed by atoms with E-state index in [9.17, 15) is 35.1 Å². The molecule has 438 valence electrons. The summed E-state index contributed by atoms with van der Waals surface area (Å²) in [5, 5.41) is 57.0. The minimum atomic E-state index is -1.61. The first kappa shape index (κ1) is 70.6. The molecule has 0 saturated carbocycles. The van der Waals surface area contributed by atoms with Crippen LogP contribution in [0.2, 0.25) is 0 Å². The topological polar surface area (TPSA) is 175 Å². The summed E-state index contributed by atoms with van der Waals surface area (Å²) in [6.07, 6.45) is 52.8. The molecule has 75 heavy (non-hydrogen) atoms. The molecule has 1 saturated heterocycles. The van der Waals surface area contributed by atoms with Gasteiger partial charge in [0, 0.05) is 6.42 Å². The van der Waals surface area contributed by atoms with Gasteiger partial charge in [-0.1, -0.05) is 243 Å². The number of aliphatic hydroxyl groups is 5. The molecule has 1 aliphatic heterocycles. The predicted molar refractivity (Wildman–Crippen MR) is 310 cm³/mol. The highest BCUT2D eigenvalue weighted by atomic mass is 16.7. The van der Waals surface area contributed by atoms with E-state index < -0.39 is 67.4 Å². The highest BCUT2D eigenvalue weighted by Gasteiger charge is 2.47. The van der Waals surface area contributed by atoms with Gasteiger partial charge < -0.3 is 45.1 Å². The van der Waals surface area contributed by atoms with Crippen LogP contribution in [0.4, 0.5) is 0 Å². The van der Waals surface area contributed by atoms with Gasteiger partial charge in [-0.25, -0.2) is 0 Å². The van der Waals surface area contributed by atoms with Gasteiger partial charge in [0.2, 0.25) is 5.91 Å². The number of carbonyl (C=O) groups is 2. The molecule has 11 nitrogen and oxygen atoms in total. The van der Waals surface area contributed by atoms with Crippen molar-refractivity contribution in [2.75, 3.05) is 13.2 Å². The van der Waals surface area contributed by atoms with Crippen molar-refractivity contribution in [2.45, 2.75) is 333 Å². The van der Waals surface area contributed by atoms with Crippen molar-refractivity contribution >= 4 is 11.9 Å². The number of carbonyl (C=O) groups excluding carboxylic acids is 2. The lowest BCUT2D eigenvalue weighted by molar-refractivity contribution is -0.305. The van der Waals surface area contributed by atoms with Crippen molar-refractivity contribution in [2.24, 2.45) is 0 Å². The average molecular weight is 1060 g/mol. The minimum absolute atomic E-state index is 0.119. The summed E-state index contributed by atoms with van der Waals surface area (Å²) in [6, 6.07) is -1.03. The maximum absolute atomic E-state index is 13.4. The molecule has 0 aromatic carbocycles. The van der Waals surface area contributed by atoms with Gasteiger partial charge in [0.05, 0.1) is 25.4 Å². The smallest absolute Gasteiger partial charge is 0.306 e. The number of rotatable bonds is 53. The Hall–Kier alpha value is -2.38. The summed E-state index contributed by atoms with van der Waals surface area (Å²) in [4.78, 5) is 26.5. The number of esters is 1. The molecule has 0 spiro atoms. The molecular formula is C64H117NO10. The third kappa shape index (κ3) is 40.5. The van der Waals surface area contributed by atoms with Crippen LogP contribution < -0.4 is 5.32 Å². The molecule has 0 radical (unpaired) electrons. The van der Waals surface area contributed by atoms with Crippen LogP contribution in [0.5, 0.6) is 0 Å². The summed E-state index contributed by atoms with van der Waals surface area (Å²) in [6.45, 7) is 5.76. The van der Waals surface area contributed by atoms with Crippen molar-refractivity contribution in [1.29, 1.82) is 0 Å². The van der Waals surface area contributed by atoms with Gasteiger partial charge in [-0.15, -0.1) is 0 Å². The van der Waals surface area contributed by atoms with Crippen LogP contribution in [-0.2, 0) is 23.8 Å². The normalized spacial score (nSPS) is 19.5. The fourth-order valence-corrected chi connectivity index (χ4v) is 9.68. The lowest BCUT2D eigenvalue weighted by Gasteiger charge is -2.41. The molecule has 0 aromatic heterocycles. The van der Waals surface area contributed by atoms with E-state index in [1.165, 1.54) is 154 Å². The van der Waals surface area contributed by atoms with Crippen LogP contribution in [0.1, 0.15) is 284 Å². The van der Waals surface area contributed by atoms with E-state index in [0.29, 0.717) is 12.8 Å². The Balaban J connectivity index is 2.69. The highest BCUT2D eigenvalue weighted by Crippen LogP contribution is 2.26. The van der Waals surface area contributed by atoms with E-state index in [1.807, 2.05) is 6.08 Å². The van der Waals surface area contributed by atoms with Crippen LogP contribution in [-0.4, -0.2) is 99.6 Å². The van der Waals surface area contributed by atoms with Crippen molar-refractivity contribution in [1.82, 2.24) is 5.32 Å². The van der Waals surface area contributed by atoms with Gasteiger partial charge in [0.1, 0.15) is 24.4 Å². The maximum atomic E-state index is 13.4. The van der Waals surface area contributed by atoms with Crippen LogP contribution >= 0.6 is 0 Å². The monoisotopic (exact) mass is 1060 g/mol. The Kier molecular flexibility index (Phi) is 49.3. The van der Waals surface area contributed by atoms with E-state index in [2.05, 4.69) is 62.5 Å². The number of aliphatic hydroxyl groups excluding tert-OH is 5. The molecule has 11 heteroatoms. The lowest BCUT2D eigenvalue weighted by atomic mass is 9.99. The summed E-state index contributed by atoms with van der Waals surface area (Å²) in [7, 11) is 0. The second kappa shape index (κ2) is 52.3. The molecule has 6 N–H and O–H groups in total. The second-order valence-electron chi connectivity index (χ2n) is 21.8. The van der Waals surface area contributed by atoms with Crippen molar-refractivity contribution in [3.63, 3.8) is 0 Å². The minimum Gasteiger partial charge on any atom is -0.454 e. The molecule has 8 unspecified atom stereocenters. The van der Waals surface area contributed by atoms with Gasteiger partial charge in [-0.05, 0) is 83.5 Å².